The topological polar surface area (TPSA) is 14.2 Å². The molecule has 0 bridgehead atoms. The Morgan fingerprint density at radius 1 is 0.600 bits per heavy atom. The number of hydrogen-bond donors (Lipinski definition) is 0. The number of aryl methyl sites for hydroxylation is 1. The van der Waals surface area contributed by atoms with Crippen LogP contribution in [-0.2, 0) is 16.2 Å². The fourth-order valence-electron chi connectivity index (χ4n) is 6.78. The lowest BCUT2D eigenvalue weighted by molar-refractivity contribution is 0.482. The molecule has 0 fully saturated rings. The first-order valence-corrected chi connectivity index (χ1v) is 14.7. The zero-order valence-electron chi connectivity index (χ0n) is 25.7. The van der Waals surface area contributed by atoms with Crippen LogP contribution in [0.5, 0.6) is 11.5 Å². The Labute approximate surface area is 239 Å². The Hall–Kier alpha value is -3.46. The average Bonchev–Trinajstić information content (AvgIpc) is 3.18. The third-order valence-electron chi connectivity index (χ3n) is 9.14. The van der Waals surface area contributed by atoms with Gasteiger partial charge in [0.1, 0.15) is 11.5 Å². The van der Waals surface area contributed by atoms with E-state index in [1.54, 1.807) is 0 Å². The highest BCUT2D eigenvalue weighted by Crippen LogP contribution is 2.41. The van der Waals surface area contributed by atoms with Crippen LogP contribution in [0.25, 0.3) is 27.5 Å². The molecule has 3 heterocycles. The third-order valence-corrected chi connectivity index (χ3v) is 9.14. The first kappa shape index (κ1) is 25.5. The minimum atomic E-state index is 0.0290. The van der Waals surface area contributed by atoms with Gasteiger partial charge < -0.3 is 9.30 Å². The normalized spacial score (nSPS) is 14.4. The van der Waals surface area contributed by atoms with Gasteiger partial charge in [-0.05, 0) is 98.2 Å². The van der Waals surface area contributed by atoms with E-state index in [4.69, 9.17) is 4.74 Å². The first-order valence-electron chi connectivity index (χ1n) is 14.7. The summed E-state index contributed by atoms with van der Waals surface area (Å²) >= 11 is 0. The summed E-state index contributed by atoms with van der Waals surface area (Å²) in [6.07, 6.45) is 0. The predicted molar refractivity (Wildman–Crippen MR) is 173 cm³/mol. The van der Waals surface area contributed by atoms with Crippen molar-refractivity contribution in [3.05, 3.63) is 82.9 Å². The number of benzene rings is 4. The molecule has 7 rings (SSSR count). The van der Waals surface area contributed by atoms with Crippen molar-refractivity contribution in [1.82, 2.24) is 4.57 Å². The molecule has 0 unspecified atom stereocenters. The summed E-state index contributed by atoms with van der Waals surface area (Å²) in [6, 6.07) is 23.6. The van der Waals surface area contributed by atoms with Crippen LogP contribution in [0.4, 0.5) is 0 Å². The molecule has 2 aliphatic heterocycles. The SMILES string of the molecule is Cc1cc2c3c(c1)-n1c4ccc(C(C)(C)C)cc4c4cc(C(C)(C)C)cc(c41)B3c1ccc(C(C)(C)C)cc1O2. The number of hydrogen-bond acceptors (Lipinski definition) is 1. The molecule has 0 amide bonds. The number of fused-ring (bicyclic) bond motifs is 7. The number of ether oxygens (including phenoxy) is 1. The predicted octanol–water partition coefficient (Wildman–Crippen LogP) is 7.92. The fraction of sp³-hybridized carbons (Fsp3) is 0.351. The van der Waals surface area contributed by atoms with E-state index < -0.39 is 0 Å². The Morgan fingerprint density at radius 2 is 1.23 bits per heavy atom. The minimum absolute atomic E-state index is 0.0290. The van der Waals surface area contributed by atoms with Gasteiger partial charge in [-0.1, -0.05) is 86.6 Å². The van der Waals surface area contributed by atoms with Crippen molar-refractivity contribution in [3.8, 4) is 17.2 Å². The van der Waals surface area contributed by atoms with Crippen LogP contribution in [0.2, 0.25) is 0 Å². The Morgan fingerprint density at radius 3 is 1.90 bits per heavy atom. The van der Waals surface area contributed by atoms with E-state index >= 15 is 0 Å². The van der Waals surface area contributed by atoms with Gasteiger partial charge in [-0.2, -0.15) is 0 Å². The maximum Gasteiger partial charge on any atom is 0.256 e. The second-order valence-corrected chi connectivity index (χ2v) is 15.3. The second-order valence-electron chi connectivity index (χ2n) is 15.3. The van der Waals surface area contributed by atoms with E-state index in [-0.39, 0.29) is 23.0 Å². The van der Waals surface area contributed by atoms with Gasteiger partial charge in [-0.25, -0.2) is 0 Å². The lowest BCUT2D eigenvalue weighted by atomic mass is 9.34. The molecule has 4 aromatic carbocycles. The zero-order valence-corrected chi connectivity index (χ0v) is 25.7. The molecular formula is C37H40BNO. The highest BCUT2D eigenvalue weighted by Gasteiger charge is 2.41. The summed E-state index contributed by atoms with van der Waals surface area (Å²) in [5, 5.41) is 2.70. The summed E-state index contributed by atoms with van der Waals surface area (Å²) < 4.78 is 9.32. The summed E-state index contributed by atoms with van der Waals surface area (Å²) in [4.78, 5) is 0. The van der Waals surface area contributed by atoms with E-state index in [1.807, 2.05) is 0 Å². The molecule has 0 saturated carbocycles. The zero-order chi connectivity index (χ0) is 28.5. The summed E-state index contributed by atoms with van der Waals surface area (Å²) in [7, 11) is 0. The Kier molecular flexibility index (Phi) is 5.00. The van der Waals surface area contributed by atoms with Gasteiger partial charge in [0.05, 0.1) is 5.52 Å². The van der Waals surface area contributed by atoms with Gasteiger partial charge in [0.2, 0.25) is 0 Å². The molecule has 3 heteroatoms. The molecule has 0 saturated heterocycles. The summed E-state index contributed by atoms with van der Waals surface area (Å²) in [5.74, 6) is 1.99. The van der Waals surface area contributed by atoms with Crippen molar-refractivity contribution in [2.24, 2.45) is 0 Å². The fourth-order valence-corrected chi connectivity index (χ4v) is 6.78. The number of aromatic nitrogens is 1. The van der Waals surface area contributed by atoms with Gasteiger partial charge in [0.15, 0.2) is 0 Å². The molecule has 2 nitrogen and oxygen atoms in total. The van der Waals surface area contributed by atoms with E-state index in [0.717, 1.165) is 11.5 Å². The van der Waals surface area contributed by atoms with Crippen molar-refractivity contribution < 1.29 is 4.74 Å². The smallest absolute Gasteiger partial charge is 0.256 e. The van der Waals surface area contributed by atoms with E-state index in [9.17, 15) is 0 Å². The van der Waals surface area contributed by atoms with Crippen LogP contribution in [0.3, 0.4) is 0 Å². The van der Waals surface area contributed by atoms with Gasteiger partial charge in [-0.15, -0.1) is 0 Å². The number of rotatable bonds is 0. The van der Waals surface area contributed by atoms with E-state index in [0.29, 0.717) is 0 Å². The van der Waals surface area contributed by atoms with Crippen LogP contribution in [0.15, 0.2) is 60.7 Å². The molecular weight excluding hydrogens is 485 g/mol. The molecule has 0 atom stereocenters. The molecule has 1 aromatic heterocycles. The van der Waals surface area contributed by atoms with Gasteiger partial charge in [-0.3, -0.25) is 0 Å². The second kappa shape index (κ2) is 7.84. The van der Waals surface area contributed by atoms with Crippen LogP contribution in [-0.4, -0.2) is 11.3 Å². The summed E-state index contributed by atoms with van der Waals surface area (Å²) in [6.45, 7) is 23.1. The van der Waals surface area contributed by atoms with Crippen molar-refractivity contribution in [2.75, 3.05) is 0 Å². The van der Waals surface area contributed by atoms with Crippen molar-refractivity contribution in [2.45, 2.75) is 85.5 Å². The summed E-state index contributed by atoms with van der Waals surface area (Å²) in [5.41, 5.74) is 13.3. The Balaban J connectivity index is 1.65. The highest BCUT2D eigenvalue weighted by atomic mass is 16.5. The van der Waals surface area contributed by atoms with Crippen molar-refractivity contribution in [3.63, 3.8) is 0 Å². The molecule has 0 aliphatic carbocycles. The van der Waals surface area contributed by atoms with Gasteiger partial charge in [0.25, 0.3) is 6.71 Å². The minimum Gasteiger partial charge on any atom is -0.458 e. The van der Waals surface area contributed by atoms with Crippen molar-refractivity contribution >= 4 is 44.9 Å². The van der Waals surface area contributed by atoms with Crippen LogP contribution >= 0.6 is 0 Å². The van der Waals surface area contributed by atoms with E-state index in [1.165, 1.54) is 66.1 Å². The molecule has 0 N–H and O–H groups in total. The monoisotopic (exact) mass is 525 g/mol. The van der Waals surface area contributed by atoms with Gasteiger partial charge in [0, 0.05) is 22.0 Å². The van der Waals surface area contributed by atoms with Crippen LogP contribution in [0.1, 0.15) is 84.6 Å². The lowest BCUT2D eigenvalue weighted by Crippen LogP contribution is -2.58. The Bertz CT molecular complexity index is 1890. The molecule has 0 spiro atoms. The lowest BCUT2D eigenvalue weighted by Gasteiger charge is -2.35. The van der Waals surface area contributed by atoms with Gasteiger partial charge >= 0.3 is 0 Å². The van der Waals surface area contributed by atoms with Crippen molar-refractivity contribution in [1.29, 1.82) is 0 Å². The van der Waals surface area contributed by atoms with E-state index in [2.05, 4.69) is 134 Å². The average molecular weight is 526 g/mol. The number of nitrogens with zero attached hydrogens (tertiary/aromatic N) is 1. The molecule has 5 aromatic rings. The third kappa shape index (κ3) is 3.56. The quantitative estimate of drug-likeness (QED) is 0.184. The maximum absolute atomic E-state index is 6.79. The molecule has 2 aliphatic rings. The highest BCUT2D eigenvalue weighted by molar-refractivity contribution is 6.99. The maximum atomic E-state index is 6.79. The first-order chi connectivity index (χ1) is 18.6. The molecule has 40 heavy (non-hydrogen) atoms. The molecule has 0 radical (unpaired) electrons. The van der Waals surface area contributed by atoms with Crippen LogP contribution < -0.4 is 21.1 Å². The largest absolute Gasteiger partial charge is 0.458 e. The standard InChI is InChI=1S/C37H40BNO/c1-21-15-30-33-32(16-21)40-31-20-23(36(5,6)7)11-13-27(31)38(33)28-19-24(37(8,9)10)18-26-25-17-22(35(2,3)4)12-14-29(25)39(30)34(26)28/h11-20H,1-10H3. The van der Waals surface area contributed by atoms with Crippen LogP contribution in [0, 0.1) is 6.92 Å². The molecule has 202 valence electrons.